The van der Waals surface area contributed by atoms with Gasteiger partial charge in [0.2, 0.25) is 5.95 Å². The second kappa shape index (κ2) is 5.09. The molecule has 0 bridgehead atoms. The molecule has 0 amide bonds. The summed E-state index contributed by atoms with van der Waals surface area (Å²) in [5.41, 5.74) is -0.930. The Balaban J connectivity index is 2.05. The van der Waals surface area contributed by atoms with Crippen LogP contribution in [0.4, 0.5) is 19.1 Å². The van der Waals surface area contributed by atoms with E-state index < -0.39 is 11.9 Å². The number of halogens is 3. The molecule has 0 saturated carbocycles. The highest BCUT2D eigenvalue weighted by Gasteiger charge is 2.33. The second-order valence-corrected chi connectivity index (χ2v) is 4.31. The lowest BCUT2D eigenvalue weighted by molar-refractivity contribution is -0.141. The molecule has 1 aliphatic rings. The SMILES string of the molecule is CC1CC(Nc2nccc(C(F)(F)F)n2)CCO1. The smallest absolute Gasteiger partial charge is 0.378 e. The predicted molar refractivity (Wildman–Crippen MR) is 59.1 cm³/mol. The molecular formula is C11H14F3N3O. The van der Waals surface area contributed by atoms with E-state index in [0.29, 0.717) is 6.61 Å². The molecular weight excluding hydrogens is 247 g/mol. The Morgan fingerprint density at radius 2 is 2.22 bits per heavy atom. The fourth-order valence-corrected chi connectivity index (χ4v) is 1.90. The average molecular weight is 261 g/mol. The minimum absolute atomic E-state index is 0.0175. The van der Waals surface area contributed by atoms with Gasteiger partial charge in [0.25, 0.3) is 0 Å². The maximum absolute atomic E-state index is 12.5. The fourth-order valence-electron chi connectivity index (χ4n) is 1.90. The normalized spacial score (nSPS) is 24.9. The van der Waals surface area contributed by atoms with Crippen LogP contribution in [0.25, 0.3) is 0 Å². The lowest BCUT2D eigenvalue weighted by Crippen LogP contribution is -2.33. The van der Waals surface area contributed by atoms with E-state index >= 15 is 0 Å². The molecule has 0 aliphatic carbocycles. The number of ether oxygens (including phenoxy) is 1. The van der Waals surface area contributed by atoms with Crippen LogP contribution in [0, 0.1) is 0 Å². The molecule has 2 rings (SSSR count). The highest BCUT2D eigenvalue weighted by atomic mass is 19.4. The van der Waals surface area contributed by atoms with Crippen LogP contribution in [0.2, 0.25) is 0 Å². The third kappa shape index (κ3) is 3.32. The Hall–Kier alpha value is -1.37. The standard InChI is InChI=1S/C11H14F3N3O/c1-7-6-8(3-5-18-7)16-10-15-4-2-9(17-10)11(12,13)14/h2,4,7-8H,3,5-6H2,1H3,(H,15,16,17). The first-order valence-corrected chi connectivity index (χ1v) is 5.73. The van der Waals surface area contributed by atoms with Gasteiger partial charge in [-0.05, 0) is 25.8 Å². The van der Waals surface area contributed by atoms with E-state index in [9.17, 15) is 13.2 Å². The van der Waals surface area contributed by atoms with E-state index in [0.717, 1.165) is 25.1 Å². The number of aromatic nitrogens is 2. The summed E-state index contributed by atoms with van der Waals surface area (Å²) >= 11 is 0. The van der Waals surface area contributed by atoms with E-state index in [1.807, 2.05) is 6.92 Å². The van der Waals surface area contributed by atoms with Gasteiger partial charge in [-0.1, -0.05) is 0 Å². The zero-order valence-electron chi connectivity index (χ0n) is 9.87. The van der Waals surface area contributed by atoms with Crippen LogP contribution in [-0.2, 0) is 10.9 Å². The van der Waals surface area contributed by atoms with Crippen molar-refractivity contribution in [1.82, 2.24) is 9.97 Å². The van der Waals surface area contributed by atoms with Gasteiger partial charge in [0.15, 0.2) is 0 Å². The molecule has 2 heterocycles. The Kier molecular flexibility index (Phi) is 3.70. The number of nitrogens with zero attached hydrogens (tertiary/aromatic N) is 2. The number of hydrogen-bond acceptors (Lipinski definition) is 4. The van der Waals surface area contributed by atoms with Crippen LogP contribution in [0.1, 0.15) is 25.5 Å². The van der Waals surface area contributed by atoms with Crippen LogP contribution in [0.15, 0.2) is 12.3 Å². The minimum Gasteiger partial charge on any atom is -0.378 e. The van der Waals surface area contributed by atoms with Gasteiger partial charge in [-0.3, -0.25) is 0 Å². The first-order chi connectivity index (χ1) is 8.45. The average Bonchev–Trinajstić information content (AvgIpc) is 2.28. The summed E-state index contributed by atoms with van der Waals surface area (Å²) in [7, 11) is 0. The Bertz CT molecular complexity index is 411. The molecule has 1 aliphatic heterocycles. The lowest BCUT2D eigenvalue weighted by atomic mass is 10.0. The third-order valence-electron chi connectivity index (χ3n) is 2.76. The summed E-state index contributed by atoms with van der Waals surface area (Å²) in [6, 6.07) is 0.912. The first-order valence-electron chi connectivity index (χ1n) is 5.73. The van der Waals surface area contributed by atoms with E-state index in [4.69, 9.17) is 4.74 Å². The summed E-state index contributed by atoms with van der Waals surface area (Å²) in [5, 5.41) is 2.92. The molecule has 1 aromatic heterocycles. The molecule has 0 aromatic carbocycles. The molecule has 1 fully saturated rings. The van der Waals surface area contributed by atoms with Crippen LogP contribution < -0.4 is 5.32 Å². The highest BCUT2D eigenvalue weighted by Crippen LogP contribution is 2.27. The van der Waals surface area contributed by atoms with Gasteiger partial charge < -0.3 is 10.1 Å². The maximum atomic E-state index is 12.5. The molecule has 1 aromatic rings. The van der Waals surface area contributed by atoms with Crippen molar-refractivity contribution < 1.29 is 17.9 Å². The quantitative estimate of drug-likeness (QED) is 0.888. The van der Waals surface area contributed by atoms with Gasteiger partial charge >= 0.3 is 6.18 Å². The van der Waals surface area contributed by atoms with Crippen molar-refractivity contribution in [2.75, 3.05) is 11.9 Å². The maximum Gasteiger partial charge on any atom is 0.433 e. The van der Waals surface area contributed by atoms with Crippen LogP contribution in [0.5, 0.6) is 0 Å². The second-order valence-electron chi connectivity index (χ2n) is 4.31. The van der Waals surface area contributed by atoms with E-state index in [1.54, 1.807) is 0 Å². The number of nitrogens with one attached hydrogen (secondary N) is 1. The molecule has 2 unspecified atom stereocenters. The number of rotatable bonds is 2. The molecule has 100 valence electrons. The summed E-state index contributed by atoms with van der Waals surface area (Å²) in [4.78, 5) is 7.28. The largest absolute Gasteiger partial charge is 0.433 e. The third-order valence-corrected chi connectivity index (χ3v) is 2.76. The summed E-state index contributed by atoms with van der Waals surface area (Å²) < 4.78 is 42.8. The highest BCUT2D eigenvalue weighted by molar-refractivity contribution is 5.27. The molecule has 2 atom stereocenters. The lowest BCUT2D eigenvalue weighted by Gasteiger charge is -2.27. The Morgan fingerprint density at radius 3 is 2.89 bits per heavy atom. The predicted octanol–water partition coefficient (Wildman–Crippen LogP) is 2.47. The van der Waals surface area contributed by atoms with Gasteiger partial charge in [0, 0.05) is 18.8 Å². The number of hydrogen-bond donors (Lipinski definition) is 1. The monoisotopic (exact) mass is 261 g/mol. The first kappa shape index (κ1) is 13.1. The molecule has 1 saturated heterocycles. The van der Waals surface area contributed by atoms with Crippen molar-refractivity contribution >= 4 is 5.95 Å². The van der Waals surface area contributed by atoms with Crippen LogP contribution >= 0.6 is 0 Å². The van der Waals surface area contributed by atoms with Gasteiger partial charge in [-0.25, -0.2) is 9.97 Å². The van der Waals surface area contributed by atoms with Gasteiger partial charge in [-0.2, -0.15) is 13.2 Å². The Morgan fingerprint density at radius 1 is 1.44 bits per heavy atom. The fraction of sp³-hybridized carbons (Fsp3) is 0.636. The Labute approximate surface area is 103 Å². The molecule has 0 radical (unpaired) electrons. The molecule has 4 nitrogen and oxygen atoms in total. The van der Waals surface area contributed by atoms with Crippen LogP contribution in [-0.4, -0.2) is 28.7 Å². The van der Waals surface area contributed by atoms with Crippen molar-refractivity contribution in [3.63, 3.8) is 0 Å². The molecule has 7 heteroatoms. The van der Waals surface area contributed by atoms with Crippen molar-refractivity contribution in [2.24, 2.45) is 0 Å². The summed E-state index contributed by atoms with van der Waals surface area (Å²) in [6.07, 6.45) is -1.76. The van der Waals surface area contributed by atoms with Crippen LogP contribution in [0.3, 0.4) is 0 Å². The van der Waals surface area contributed by atoms with E-state index in [1.165, 1.54) is 0 Å². The van der Waals surface area contributed by atoms with Crippen molar-refractivity contribution in [3.8, 4) is 0 Å². The number of alkyl halides is 3. The van der Waals surface area contributed by atoms with Crippen molar-refractivity contribution in [2.45, 2.75) is 38.1 Å². The zero-order chi connectivity index (χ0) is 13.2. The van der Waals surface area contributed by atoms with Gasteiger partial charge in [0.1, 0.15) is 5.69 Å². The van der Waals surface area contributed by atoms with Gasteiger partial charge in [0.05, 0.1) is 6.10 Å². The van der Waals surface area contributed by atoms with Crippen molar-refractivity contribution in [1.29, 1.82) is 0 Å². The summed E-state index contributed by atoms with van der Waals surface area (Å²) in [6.45, 7) is 2.53. The number of anilines is 1. The van der Waals surface area contributed by atoms with E-state index in [2.05, 4.69) is 15.3 Å². The molecule has 18 heavy (non-hydrogen) atoms. The minimum atomic E-state index is -4.44. The molecule has 1 N–H and O–H groups in total. The van der Waals surface area contributed by atoms with Gasteiger partial charge in [-0.15, -0.1) is 0 Å². The zero-order valence-corrected chi connectivity index (χ0v) is 9.87. The topological polar surface area (TPSA) is 47.0 Å². The molecule has 0 spiro atoms. The van der Waals surface area contributed by atoms with E-state index in [-0.39, 0.29) is 18.1 Å². The summed E-state index contributed by atoms with van der Waals surface area (Å²) in [5.74, 6) is 0.0175. The van der Waals surface area contributed by atoms with Crippen molar-refractivity contribution in [3.05, 3.63) is 18.0 Å².